The van der Waals surface area contributed by atoms with E-state index in [1.165, 1.54) is 8.52 Å². The standard InChI is InChI=1S/C11H11ClN2O2S/c1-7(2)13-10(15)14(17-11(13)16)9-5-3-4-8(12)6-9/h3-7H,1-2H3. The summed E-state index contributed by atoms with van der Waals surface area (Å²) < 4.78 is 2.58. The quantitative estimate of drug-likeness (QED) is 0.840. The third-order valence-electron chi connectivity index (χ3n) is 2.31. The van der Waals surface area contributed by atoms with Crippen molar-refractivity contribution < 1.29 is 0 Å². The van der Waals surface area contributed by atoms with Crippen molar-refractivity contribution in [3.63, 3.8) is 0 Å². The molecule has 0 saturated heterocycles. The van der Waals surface area contributed by atoms with Crippen molar-refractivity contribution >= 4 is 23.1 Å². The van der Waals surface area contributed by atoms with E-state index in [9.17, 15) is 9.59 Å². The molecule has 6 heteroatoms. The van der Waals surface area contributed by atoms with E-state index < -0.39 is 0 Å². The Morgan fingerprint density at radius 1 is 1.29 bits per heavy atom. The Labute approximate surface area is 107 Å². The number of hydrogen-bond donors (Lipinski definition) is 0. The fourth-order valence-electron chi connectivity index (χ4n) is 1.53. The molecule has 0 radical (unpaired) electrons. The van der Waals surface area contributed by atoms with E-state index in [-0.39, 0.29) is 16.6 Å². The van der Waals surface area contributed by atoms with Crippen LogP contribution in [0.3, 0.4) is 0 Å². The first-order valence-electron chi connectivity index (χ1n) is 5.11. The molecule has 1 aromatic heterocycles. The summed E-state index contributed by atoms with van der Waals surface area (Å²) in [5, 5.41) is 0.534. The summed E-state index contributed by atoms with van der Waals surface area (Å²) in [5.41, 5.74) is 0.293. The number of benzene rings is 1. The van der Waals surface area contributed by atoms with Gasteiger partial charge in [0.1, 0.15) is 0 Å². The zero-order valence-corrected chi connectivity index (χ0v) is 11.0. The normalized spacial score (nSPS) is 11.1. The third kappa shape index (κ3) is 2.21. The zero-order valence-electron chi connectivity index (χ0n) is 9.38. The molecule has 0 bridgehead atoms. The first kappa shape index (κ1) is 12.1. The highest BCUT2D eigenvalue weighted by Gasteiger charge is 2.13. The second-order valence-corrected chi connectivity index (χ2v) is 5.21. The molecule has 0 unspecified atom stereocenters. The van der Waals surface area contributed by atoms with Gasteiger partial charge in [0, 0.05) is 22.6 Å². The molecule has 0 amide bonds. The van der Waals surface area contributed by atoms with Crippen LogP contribution in [0.2, 0.25) is 5.02 Å². The maximum absolute atomic E-state index is 12.0. The van der Waals surface area contributed by atoms with Crippen LogP contribution < -0.4 is 10.6 Å². The second-order valence-electron chi connectivity index (χ2n) is 3.88. The largest absolute Gasteiger partial charge is 0.346 e. The molecule has 1 heterocycles. The lowest BCUT2D eigenvalue weighted by Gasteiger charge is -2.02. The number of rotatable bonds is 2. The van der Waals surface area contributed by atoms with Crippen LogP contribution in [0.1, 0.15) is 19.9 Å². The van der Waals surface area contributed by atoms with Crippen molar-refractivity contribution in [3.05, 3.63) is 49.4 Å². The van der Waals surface area contributed by atoms with E-state index in [1.807, 2.05) is 0 Å². The number of aromatic nitrogens is 2. The van der Waals surface area contributed by atoms with Gasteiger partial charge in [0.05, 0.1) is 5.69 Å². The fourth-order valence-corrected chi connectivity index (χ4v) is 2.64. The van der Waals surface area contributed by atoms with Gasteiger partial charge in [-0.2, -0.15) is 0 Å². The van der Waals surface area contributed by atoms with Crippen LogP contribution in [0, 0.1) is 0 Å². The molecular formula is C11H11ClN2O2S. The van der Waals surface area contributed by atoms with Gasteiger partial charge in [-0.3, -0.25) is 4.79 Å². The third-order valence-corrected chi connectivity index (χ3v) is 3.44. The molecule has 0 aliphatic carbocycles. The van der Waals surface area contributed by atoms with E-state index in [0.29, 0.717) is 10.7 Å². The van der Waals surface area contributed by atoms with Crippen LogP contribution >= 0.6 is 23.1 Å². The Kier molecular flexibility index (Phi) is 3.22. The highest BCUT2D eigenvalue weighted by atomic mass is 35.5. The van der Waals surface area contributed by atoms with E-state index in [2.05, 4.69) is 0 Å². The maximum Gasteiger partial charge on any atom is 0.346 e. The van der Waals surface area contributed by atoms with Crippen LogP contribution in [0.5, 0.6) is 0 Å². The van der Waals surface area contributed by atoms with Crippen LogP contribution in [0.25, 0.3) is 5.69 Å². The van der Waals surface area contributed by atoms with Crippen molar-refractivity contribution in [3.8, 4) is 5.69 Å². The van der Waals surface area contributed by atoms with Gasteiger partial charge in [-0.05, 0) is 32.0 Å². The second kappa shape index (κ2) is 4.50. The summed E-state index contributed by atoms with van der Waals surface area (Å²) in [6.07, 6.45) is 0. The smallest absolute Gasteiger partial charge is 0.255 e. The summed E-state index contributed by atoms with van der Waals surface area (Å²) >= 11 is 6.74. The van der Waals surface area contributed by atoms with Crippen molar-refractivity contribution in [2.75, 3.05) is 0 Å². The molecule has 0 atom stereocenters. The van der Waals surface area contributed by atoms with Crippen LogP contribution in [0.15, 0.2) is 33.9 Å². The molecule has 2 rings (SSSR count). The fraction of sp³-hybridized carbons (Fsp3) is 0.273. The topological polar surface area (TPSA) is 44.0 Å². The van der Waals surface area contributed by atoms with Gasteiger partial charge in [0.25, 0.3) is 0 Å². The molecule has 0 aliphatic rings. The van der Waals surface area contributed by atoms with Crippen molar-refractivity contribution in [1.29, 1.82) is 0 Å². The predicted octanol–water partition coefficient (Wildman–Crippen LogP) is 2.29. The highest BCUT2D eigenvalue weighted by Crippen LogP contribution is 2.14. The number of hydrogen-bond acceptors (Lipinski definition) is 3. The van der Waals surface area contributed by atoms with Crippen LogP contribution in [0.4, 0.5) is 0 Å². The Balaban J connectivity index is 2.66. The minimum absolute atomic E-state index is 0.147. The van der Waals surface area contributed by atoms with E-state index in [0.717, 1.165) is 11.5 Å². The van der Waals surface area contributed by atoms with Gasteiger partial charge < -0.3 is 0 Å². The van der Waals surface area contributed by atoms with Gasteiger partial charge in [0.15, 0.2) is 0 Å². The lowest BCUT2D eigenvalue weighted by Crippen LogP contribution is -2.29. The zero-order chi connectivity index (χ0) is 12.6. The summed E-state index contributed by atoms with van der Waals surface area (Å²) in [5.74, 6) is 0. The lowest BCUT2D eigenvalue weighted by atomic mass is 10.3. The molecule has 0 saturated carbocycles. The van der Waals surface area contributed by atoms with Gasteiger partial charge in [-0.25, -0.2) is 13.3 Å². The Morgan fingerprint density at radius 3 is 2.53 bits per heavy atom. The lowest BCUT2D eigenvalue weighted by molar-refractivity contribution is 0.560. The van der Waals surface area contributed by atoms with E-state index >= 15 is 0 Å². The average molecular weight is 271 g/mol. The summed E-state index contributed by atoms with van der Waals surface area (Å²) in [4.78, 5) is 23.5. The van der Waals surface area contributed by atoms with E-state index in [1.54, 1.807) is 38.1 Å². The average Bonchev–Trinajstić information content (AvgIpc) is 2.54. The molecule has 0 spiro atoms. The molecule has 17 heavy (non-hydrogen) atoms. The number of halogens is 1. The SMILES string of the molecule is CC(C)n1c(=O)sn(-c2cccc(Cl)c2)c1=O. The van der Waals surface area contributed by atoms with Gasteiger partial charge in [-0.15, -0.1) is 0 Å². The molecule has 0 N–H and O–H groups in total. The molecule has 0 aliphatic heterocycles. The van der Waals surface area contributed by atoms with Crippen molar-refractivity contribution in [2.45, 2.75) is 19.9 Å². The first-order chi connectivity index (χ1) is 8.00. The van der Waals surface area contributed by atoms with Crippen LogP contribution in [-0.4, -0.2) is 8.52 Å². The summed E-state index contributed by atoms with van der Waals surface area (Å²) in [7, 11) is 0. The Morgan fingerprint density at radius 2 is 2.00 bits per heavy atom. The van der Waals surface area contributed by atoms with Crippen LogP contribution in [-0.2, 0) is 0 Å². The van der Waals surface area contributed by atoms with Gasteiger partial charge >= 0.3 is 10.6 Å². The predicted molar refractivity (Wildman–Crippen MR) is 69.6 cm³/mol. The molecule has 90 valence electrons. The monoisotopic (exact) mass is 270 g/mol. The van der Waals surface area contributed by atoms with Crippen molar-refractivity contribution in [1.82, 2.24) is 8.52 Å². The minimum Gasteiger partial charge on any atom is -0.255 e. The molecule has 2 aromatic rings. The Hall–Kier alpha value is -1.33. The first-order valence-corrected chi connectivity index (χ1v) is 6.26. The number of nitrogens with zero attached hydrogens (tertiary/aromatic N) is 2. The summed E-state index contributed by atoms with van der Waals surface area (Å²) in [6, 6.07) is 6.72. The van der Waals surface area contributed by atoms with Gasteiger partial charge in [0.2, 0.25) is 0 Å². The summed E-state index contributed by atoms with van der Waals surface area (Å²) in [6.45, 7) is 3.61. The van der Waals surface area contributed by atoms with Crippen molar-refractivity contribution in [2.24, 2.45) is 0 Å². The maximum atomic E-state index is 12.0. The molecular weight excluding hydrogens is 260 g/mol. The minimum atomic E-state index is -0.322. The molecule has 4 nitrogen and oxygen atoms in total. The highest BCUT2D eigenvalue weighted by molar-refractivity contribution is 7.03. The molecule has 0 fully saturated rings. The van der Waals surface area contributed by atoms with E-state index in [4.69, 9.17) is 11.6 Å². The van der Waals surface area contributed by atoms with Gasteiger partial charge in [-0.1, -0.05) is 17.7 Å². The molecule has 1 aromatic carbocycles. The Bertz CT molecular complexity index is 654.